The van der Waals surface area contributed by atoms with E-state index in [0.29, 0.717) is 0 Å². The molecule has 0 aliphatic rings. The zero-order chi connectivity index (χ0) is 23.5. The Morgan fingerprint density at radius 1 is 0.690 bits per heavy atom. The summed E-state index contributed by atoms with van der Waals surface area (Å²) in [6.45, 7) is 24.0. The molecule has 1 heterocycles. The molecular formula is C27H51N2+. The highest BCUT2D eigenvalue weighted by Gasteiger charge is 1.90. The molecule has 168 valence electrons. The van der Waals surface area contributed by atoms with Gasteiger partial charge in [-0.05, 0) is 39.8 Å². The fourth-order valence-corrected chi connectivity index (χ4v) is 1.29. The van der Waals surface area contributed by atoms with Gasteiger partial charge in [0, 0.05) is 24.2 Å². The molecule has 0 bridgehead atoms. The standard InChI is InChI=1S/C8H12N.C6H7N.C6H12.C3H8.2C2H6/c1-2-6-9-7-4-3-5-8-9;7-6-4-2-1-3-5-6;1-5(2)6(3)4;1-3-2;2*1-2/h3-5,7-8H,2,6H2,1H3;1-5H,7H2;1-4H3;3H2,1-2H3;2*1-2H3/q+1;;;;;. The van der Waals surface area contributed by atoms with E-state index < -0.39 is 0 Å². The van der Waals surface area contributed by atoms with Crippen molar-refractivity contribution in [2.45, 2.75) is 95.5 Å². The molecule has 2 N–H and O–H groups in total. The topological polar surface area (TPSA) is 29.9 Å². The number of aromatic nitrogens is 1. The molecular weight excluding hydrogens is 352 g/mol. The number of nitrogen functional groups attached to an aromatic ring is 1. The molecule has 0 saturated carbocycles. The highest BCUT2D eigenvalue weighted by Crippen LogP contribution is 1.97. The van der Waals surface area contributed by atoms with Crippen molar-refractivity contribution < 1.29 is 4.57 Å². The predicted octanol–water partition coefficient (Wildman–Crippen LogP) is 8.48. The Labute approximate surface area is 183 Å². The van der Waals surface area contributed by atoms with Crippen molar-refractivity contribution in [2.24, 2.45) is 0 Å². The number of nitrogens with two attached hydrogens (primary N) is 1. The SMILES string of the molecule is CC.CC.CC(C)=C(C)C.CCC.CCC[n+]1ccccc1.Nc1ccccc1. The predicted molar refractivity (Wildman–Crippen MR) is 136 cm³/mol. The van der Waals surface area contributed by atoms with Gasteiger partial charge in [-0.2, -0.15) is 0 Å². The minimum atomic E-state index is 0.822. The lowest BCUT2D eigenvalue weighted by Crippen LogP contribution is -2.31. The minimum Gasteiger partial charge on any atom is -0.399 e. The second-order valence-electron chi connectivity index (χ2n) is 6.23. The number of hydrogen-bond acceptors (Lipinski definition) is 1. The molecule has 1 aromatic heterocycles. The van der Waals surface area contributed by atoms with E-state index in [2.05, 4.69) is 77.6 Å². The van der Waals surface area contributed by atoms with Gasteiger partial charge in [0.1, 0.15) is 6.54 Å². The lowest BCUT2D eigenvalue weighted by molar-refractivity contribution is -0.697. The number of rotatable bonds is 2. The summed E-state index contributed by atoms with van der Waals surface area (Å²) in [6.07, 6.45) is 6.63. The summed E-state index contributed by atoms with van der Waals surface area (Å²) in [5.41, 5.74) is 9.03. The molecule has 0 radical (unpaired) electrons. The van der Waals surface area contributed by atoms with Crippen LogP contribution < -0.4 is 10.3 Å². The van der Waals surface area contributed by atoms with E-state index >= 15 is 0 Å². The van der Waals surface area contributed by atoms with Crippen LogP contribution in [0.2, 0.25) is 0 Å². The highest BCUT2D eigenvalue weighted by atomic mass is 14.9. The van der Waals surface area contributed by atoms with Crippen molar-refractivity contribution in [3.8, 4) is 0 Å². The summed E-state index contributed by atoms with van der Waals surface area (Å²) in [6, 6.07) is 15.6. The Kier molecular flexibility index (Phi) is 36.4. The van der Waals surface area contributed by atoms with Gasteiger partial charge in [-0.15, -0.1) is 0 Å². The second kappa shape index (κ2) is 30.6. The molecule has 0 unspecified atom stereocenters. The molecule has 2 rings (SSSR count). The van der Waals surface area contributed by atoms with E-state index in [0.717, 1.165) is 12.2 Å². The first kappa shape index (κ1) is 34.4. The van der Waals surface area contributed by atoms with Crippen LogP contribution >= 0.6 is 0 Å². The summed E-state index contributed by atoms with van der Waals surface area (Å²) in [5.74, 6) is 0. The molecule has 1 aromatic carbocycles. The van der Waals surface area contributed by atoms with Gasteiger partial charge in [0.05, 0.1) is 0 Å². The molecule has 0 saturated heterocycles. The smallest absolute Gasteiger partial charge is 0.168 e. The highest BCUT2D eigenvalue weighted by molar-refractivity contribution is 5.35. The second-order valence-corrected chi connectivity index (χ2v) is 6.23. The van der Waals surface area contributed by atoms with Crippen LogP contribution in [0.25, 0.3) is 0 Å². The fourth-order valence-electron chi connectivity index (χ4n) is 1.29. The van der Waals surface area contributed by atoms with Crippen molar-refractivity contribution in [2.75, 3.05) is 5.73 Å². The maximum absolute atomic E-state index is 5.36. The molecule has 0 spiro atoms. The van der Waals surface area contributed by atoms with E-state index in [1.807, 2.05) is 64.1 Å². The Morgan fingerprint density at radius 3 is 1.28 bits per heavy atom. The molecule has 0 atom stereocenters. The molecule has 0 amide bonds. The summed E-state index contributed by atoms with van der Waals surface area (Å²) in [7, 11) is 0. The van der Waals surface area contributed by atoms with Crippen LogP contribution in [0.3, 0.4) is 0 Å². The lowest BCUT2D eigenvalue weighted by atomic mass is 10.2. The largest absolute Gasteiger partial charge is 0.399 e. The maximum atomic E-state index is 5.36. The monoisotopic (exact) mass is 403 g/mol. The molecule has 0 aliphatic heterocycles. The van der Waals surface area contributed by atoms with Crippen molar-refractivity contribution in [3.63, 3.8) is 0 Å². The molecule has 2 nitrogen and oxygen atoms in total. The van der Waals surface area contributed by atoms with Gasteiger partial charge in [-0.25, -0.2) is 4.57 Å². The number of nitrogens with zero attached hydrogens (tertiary/aromatic N) is 1. The van der Waals surface area contributed by atoms with Gasteiger partial charge in [0.25, 0.3) is 0 Å². The first-order chi connectivity index (χ1) is 13.9. The number of benzene rings is 1. The van der Waals surface area contributed by atoms with E-state index in [9.17, 15) is 0 Å². The third-order valence-corrected chi connectivity index (χ3v) is 3.06. The van der Waals surface area contributed by atoms with Crippen molar-refractivity contribution >= 4 is 5.69 Å². The third kappa shape index (κ3) is 33.9. The minimum absolute atomic E-state index is 0.822. The first-order valence-electron chi connectivity index (χ1n) is 11.2. The Balaban J connectivity index is -0.000000142. The van der Waals surface area contributed by atoms with E-state index in [1.165, 1.54) is 24.0 Å². The molecule has 2 aromatic rings. The number of pyridine rings is 1. The normalized spacial score (nSPS) is 7.69. The third-order valence-electron chi connectivity index (χ3n) is 3.06. The van der Waals surface area contributed by atoms with E-state index in [1.54, 1.807) is 0 Å². The van der Waals surface area contributed by atoms with Crippen LogP contribution in [0.4, 0.5) is 5.69 Å². The molecule has 29 heavy (non-hydrogen) atoms. The van der Waals surface area contributed by atoms with Gasteiger partial charge in [-0.3, -0.25) is 0 Å². The Hall–Kier alpha value is -2.09. The van der Waals surface area contributed by atoms with Crippen molar-refractivity contribution in [1.29, 1.82) is 0 Å². The molecule has 0 aliphatic carbocycles. The zero-order valence-corrected chi connectivity index (χ0v) is 21.4. The number of para-hydroxylation sites is 1. The van der Waals surface area contributed by atoms with E-state index in [4.69, 9.17) is 5.73 Å². The maximum Gasteiger partial charge on any atom is 0.168 e. The van der Waals surface area contributed by atoms with Gasteiger partial charge >= 0.3 is 0 Å². The van der Waals surface area contributed by atoms with Crippen LogP contribution in [-0.4, -0.2) is 0 Å². The average Bonchev–Trinajstić information content (AvgIpc) is 2.74. The molecule has 0 fully saturated rings. The van der Waals surface area contributed by atoms with Gasteiger partial charge in [0.15, 0.2) is 12.4 Å². The van der Waals surface area contributed by atoms with Crippen LogP contribution in [-0.2, 0) is 6.54 Å². The van der Waals surface area contributed by atoms with Crippen LogP contribution in [0.5, 0.6) is 0 Å². The Bertz CT molecular complexity index is 513. The van der Waals surface area contributed by atoms with Gasteiger partial charge in [-0.1, -0.05) is 90.3 Å². The van der Waals surface area contributed by atoms with Crippen LogP contribution in [0.1, 0.15) is 89.0 Å². The van der Waals surface area contributed by atoms with Gasteiger partial charge in [0.2, 0.25) is 0 Å². The van der Waals surface area contributed by atoms with Gasteiger partial charge < -0.3 is 5.73 Å². The Morgan fingerprint density at radius 2 is 1.03 bits per heavy atom. The number of aryl methyl sites for hydroxylation is 1. The number of allylic oxidation sites excluding steroid dienone is 2. The number of hydrogen-bond donors (Lipinski definition) is 1. The van der Waals surface area contributed by atoms with Crippen LogP contribution in [0.15, 0.2) is 72.1 Å². The van der Waals surface area contributed by atoms with Crippen molar-refractivity contribution in [3.05, 3.63) is 72.1 Å². The summed E-state index contributed by atoms with van der Waals surface area (Å²) >= 11 is 0. The summed E-state index contributed by atoms with van der Waals surface area (Å²) in [5, 5.41) is 0. The molecule has 2 heteroatoms. The first-order valence-corrected chi connectivity index (χ1v) is 11.2. The average molecular weight is 404 g/mol. The zero-order valence-electron chi connectivity index (χ0n) is 21.4. The lowest BCUT2D eigenvalue weighted by Gasteiger charge is -1.88. The van der Waals surface area contributed by atoms with Crippen LogP contribution in [0, 0.1) is 0 Å². The van der Waals surface area contributed by atoms with Crippen molar-refractivity contribution in [1.82, 2.24) is 0 Å². The summed E-state index contributed by atoms with van der Waals surface area (Å²) in [4.78, 5) is 0. The fraction of sp³-hybridized carbons (Fsp3) is 0.519. The number of anilines is 1. The summed E-state index contributed by atoms with van der Waals surface area (Å²) < 4.78 is 2.18. The quantitative estimate of drug-likeness (QED) is 0.304. The van der Waals surface area contributed by atoms with E-state index in [-0.39, 0.29) is 0 Å².